The van der Waals surface area contributed by atoms with E-state index in [0.29, 0.717) is 30.3 Å². The van der Waals surface area contributed by atoms with Crippen LogP contribution in [0.1, 0.15) is 67.0 Å². The number of aliphatic imine (C=N–C) groups is 1. The van der Waals surface area contributed by atoms with Gasteiger partial charge in [0, 0.05) is 54.9 Å². The smallest absolute Gasteiger partial charge is 0.321 e. The van der Waals surface area contributed by atoms with Crippen LogP contribution in [0.4, 0.5) is 10.5 Å². The predicted octanol–water partition coefficient (Wildman–Crippen LogP) is 7.74. The second-order valence-corrected chi connectivity index (χ2v) is 11.8. The SMILES string of the molecule is Cc1nccn1CCCC1=CC2=C(N=CCC2)C(C2CCN(C(=O)Nc3ccc(C#N)cc3)CC2)c2ccc(Cl)cc21. The predicted molar refractivity (Wildman–Crippen MR) is 168 cm³/mol. The zero-order valence-corrected chi connectivity index (χ0v) is 24.6. The molecule has 6 rings (SSSR count). The maximum atomic E-state index is 13.1. The monoisotopic (exact) mass is 578 g/mol. The Hall–Kier alpha value is -4.15. The summed E-state index contributed by atoms with van der Waals surface area (Å²) in [6, 6.07) is 15.3. The van der Waals surface area contributed by atoms with Gasteiger partial charge in [0.05, 0.1) is 17.3 Å². The number of halogens is 1. The van der Waals surface area contributed by atoms with Gasteiger partial charge < -0.3 is 14.8 Å². The number of likely N-dealkylation sites (tertiary alicyclic amines) is 1. The van der Waals surface area contributed by atoms with Gasteiger partial charge in [-0.05, 0) is 110 Å². The van der Waals surface area contributed by atoms with E-state index in [2.05, 4.69) is 45.4 Å². The number of anilines is 1. The number of fused-ring (bicyclic) bond motifs is 1. The second-order valence-electron chi connectivity index (χ2n) is 11.4. The molecule has 2 aromatic carbocycles. The number of aryl methyl sites for hydroxylation is 2. The van der Waals surface area contributed by atoms with E-state index in [-0.39, 0.29) is 11.9 Å². The number of piperidine rings is 1. The van der Waals surface area contributed by atoms with E-state index in [1.807, 2.05) is 30.3 Å². The lowest BCUT2D eigenvalue weighted by Gasteiger charge is -2.37. The van der Waals surface area contributed by atoms with Crippen LogP contribution in [0.25, 0.3) is 5.57 Å². The maximum Gasteiger partial charge on any atom is 0.321 e. The van der Waals surface area contributed by atoms with E-state index >= 15 is 0 Å². The number of allylic oxidation sites excluding steroid dienone is 4. The number of imidazole rings is 1. The number of carbonyl (C=O) groups is 1. The molecule has 1 N–H and O–H groups in total. The van der Waals surface area contributed by atoms with Crippen LogP contribution < -0.4 is 5.32 Å². The first-order valence-electron chi connectivity index (χ1n) is 14.8. The molecule has 2 amide bonds. The lowest BCUT2D eigenvalue weighted by molar-refractivity contribution is 0.177. The summed E-state index contributed by atoms with van der Waals surface area (Å²) in [5.41, 5.74) is 7.66. The Labute approximate surface area is 252 Å². The molecule has 1 fully saturated rings. The van der Waals surface area contributed by atoms with Gasteiger partial charge in [0.1, 0.15) is 5.82 Å². The van der Waals surface area contributed by atoms with Gasteiger partial charge in [-0.1, -0.05) is 23.7 Å². The van der Waals surface area contributed by atoms with Crippen molar-refractivity contribution in [3.05, 3.63) is 99.7 Å². The zero-order chi connectivity index (χ0) is 29.1. The molecule has 8 heteroatoms. The number of benzene rings is 2. The van der Waals surface area contributed by atoms with Gasteiger partial charge in [-0.2, -0.15) is 5.26 Å². The lowest BCUT2D eigenvalue weighted by atomic mass is 9.75. The molecular formula is C34H35ClN6O. The normalized spacial score (nSPS) is 18.5. The molecule has 0 saturated carbocycles. The Bertz CT molecular complexity index is 1600. The summed E-state index contributed by atoms with van der Waals surface area (Å²) in [6.45, 7) is 4.34. The quantitative estimate of drug-likeness (QED) is 0.324. The molecule has 0 radical (unpaired) electrons. The van der Waals surface area contributed by atoms with Crippen molar-refractivity contribution >= 4 is 35.1 Å². The van der Waals surface area contributed by atoms with E-state index in [1.54, 1.807) is 24.3 Å². The number of nitriles is 1. The van der Waals surface area contributed by atoms with Crippen molar-refractivity contribution in [2.75, 3.05) is 18.4 Å². The molecule has 1 aliphatic carbocycles. The Balaban J connectivity index is 1.21. The number of hydrogen-bond donors (Lipinski definition) is 1. The number of urea groups is 1. The lowest BCUT2D eigenvalue weighted by Crippen LogP contribution is -2.42. The summed E-state index contributed by atoms with van der Waals surface area (Å²) < 4.78 is 2.21. The highest BCUT2D eigenvalue weighted by Crippen LogP contribution is 2.47. The van der Waals surface area contributed by atoms with Gasteiger partial charge in [-0.25, -0.2) is 9.78 Å². The minimum Gasteiger partial charge on any atom is -0.335 e. The van der Waals surface area contributed by atoms with Crippen LogP contribution in [-0.4, -0.2) is 39.8 Å². The molecule has 3 aliphatic rings. The second kappa shape index (κ2) is 12.4. The van der Waals surface area contributed by atoms with Gasteiger partial charge >= 0.3 is 6.03 Å². The fourth-order valence-electron chi connectivity index (χ4n) is 6.56. The van der Waals surface area contributed by atoms with Crippen molar-refractivity contribution in [1.82, 2.24) is 14.5 Å². The highest BCUT2D eigenvalue weighted by atomic mass is 35.5. The van der Waals surface area contributed by atoms with Crippen molar-refractivity contribution in [3.8, 4) is 6.07 Å². The fraction of sp³-hybridized carbons (Fsp3) is 0.353. The van der Waals surface area contributed by atoms with Crippen molar-refractivity contribution in [2.24, 2.45) is 10.9 Å². The van der Waals surface area contributed by atoms with E-state index < -0.39 is 0 Å². The van der Waals surface area contributed by atoms with E-state index in [1.165, 1.54) is 28.0 Å². The Kier molecular flexibility index (Phi) is 8.25. The number of amides is 2. The van der Waals surface area contributed by atoms with E-state index in [4.69, 9.17) is 21.9 Å². The summed E-state index contributed by atoms with van der Waals surface area (Å²) in [5.74, 6) is 1.57. The van der Waals surface area contributed by atoms with Crippen LogP contribution in [0.5, 0.6) is 0 Å². The molecule has 7 nitrogen and oxygen atoms in total. The minimum atomic E-state index is -0.0983. The number of nitrogens with one attached hydrogen (secondary N) is 1. The van der Waals surface area contributed by atoms with Gasteiger partial charge in [-0.15, -0.1) is 0 Å². The molecule has 1 aromatic heterocycles. The fourth-order valence-corrected chi connectivity index (χ4v) is 6.74. The van der Waals surface area contributed by atoms with Crippen molar-refractivity contribution < 1.29 is 4.79 Å². The van der Waals surface area contributed by atoms with Gasteiger partial charge in [0.25, 0.3) is 0 Å². The largest absolute Gasteiger partial charge is 0.335 e. The Morgan fingerprint density at radius 2 is 1.98 bits per heavy atom. The van der Waals surface area contributed by atoms with Gasteiger partial charge in [0.2, 0.25) is 0 Å². The number of carbonyl (C=O) groups excluding carboxylic acids is 1. The topological polar surface area (TPSA) is 86.3 Å². The molecule has 42 heavy (non-hydrogen) atoms. The average Bonchev–Trinajstić information content (AvgIpc) is 3.37. The van der Waals surface area contributed by atoms with Gasteiger partial charge in [-0.3, -0.25) is 4.99 Å². The third-order valence-corrected chi connectivity index (χ3v) is 9.01. The molecule has 1 atom stereocenters. The van der Waals surface area contributed by atoms with Crippen molar-refractivity contribution in [1.29, 1.82) is 5.26 Å². The molecular weight excluding hydrogens is 544 g/mol. The molecule has 1 unspecified atom stereocenters. The molecule has 0 bridgehead atoms. The minimum absolute atomic E-state index is 0.0983. The Morgan fingerprint density at radius 3 is 2.71 bits per heavy atom. The highest BCUT2D eigenvalue weighted by molar-refractivity contribution is 6.30. The number of hydrogen-bond acceptors (Lipinski definition) is 4. The molecule has 2 aliphatic heterocycles. The number of nitrogens with zero attached hydrogens (tertiary/aromatic N) is 5. The van der Waals surface area contributed by atoms with Crippen molar-refractivity contribution in [2.45, 2.75) is 57.9 Å². The van der Waals surface area contributed by atoms with E-state index in [9.17, 15) is 4.79 Å². The van der Waals surface area contributed by atoms with Crippen molar-refractivity contribution in [3.63, 3.8) is 0 Å². The molecule has 214 valence electrons. The van der Waals surface area contributed by atoms with Crippen LogP contribution in [0, 0.1) is 24.2 Å². The van der Waals surface area contributed by atoms with Crippen LogP contribution in [0.2, 0.25) is 5.02 Å². The molecule has 3 aromatic rings. The summed E-state index contributed by atoms with van der Waals surface area (Å²) in [4.78, 5) is 24.4. The molecule has 1 saturated heterocycles. The third kappa shape index (κ3) is 5.91. The van der Waals surface area contributed by atoms with Gasteiger partial charge in [0.15, 0.2) is 0 Å². The highest BCUT2D eigenvalue weighted by Gasteiger charge is 2.36. The first-order valence-corrected chi connectivity index (χ1v) is 15.2. The first-order chi connectivity index (χ1) is 20.5. The Morgan fingerprint density at radius 1 is 1.17 bits per heavy atom. The summed E-state index contributed by atoms with van der Waals surface area (Å²) in [7, 11) is 0. The van der Waals surface area contributed by atoms with Crippen LogP contribution >= 0.6 is 11.6 Å². The molecule has 0 spiro atoms. The summed E-state index contributed by atoms with van der Waals surface area (Å²) >= 11 is 6.61. The van der Waals surface area contributed by atoms with E-state index in [0.717, 1.165) is 55.9 Å². The molecule has 3 heterocycles. The van der Waals surface area contributed by atoms with Crippen LogP contribution in [-0.2, 0) is 6.54 Å². The number of rotatable bonds is 6. The first kappa shape index (κ1) is 28.0. The standard InChI is InChI=1S/C34H35ClN6O/c1-23-37-15-19-40(23)16-3-5-26-20-27-4-2-14-38-33(27)32(30-11-8-28(35)21-31(26)30)25-12-17-41(18-13-25)34(42)39-29-9-6-24(22-36)7-10-29/h6-11,14-15,19-21,25,32H,2-5,12-13,16-18H2,1H3,(H,39,42). The maximum absolute atomic E-state index is 13.1. The summed E-state index contributed by atoms with van der Waals surface area (Å²) in [6.07, 6.45) is 14.1. The van der Waals surface area contributed by atoms with Crippen LogP contribution in [0.3, 0.4) is 0 Å². The zero-order valence-electron chi connectivity index (χ0n) is 23.9. The average molecular weight is 579 g/mol. The summed E-state index contributed by atoms with van der Waals surface area (Å²) in [5, 5.41) is 12.8. The number of aromatic nitrogens is 2. The third-order valence-electron chi connectivity index (χ3n) is 8.77. The van der Waals surface area contributed by atoms with Crippen LogP contribution in [0.15, 0.2) is 77.2 Å².